The second-order valence-corrected chi connectivity index (χ2v) is 6.12. The van der Waals surface area contributed by atoms with Crippen LogP contribution in [0.15, 0.2) is 0 Å². The number of nitrogens with one attached hydrogen (secondary N) is 1. The zero-order chi connectivity index (χ0) is 9.31. The van der Waals surface area contributed by atoms with E-state index in [1.165, 1.54) is 37.9 Å². The number of hydrogen-bond acceptors (Lipinski definition) is 2. The highest BCUT2D eigenvalue weighted by atomic mass is 32.2. The molecule has 2 rings (SSSR count). The summed E-state index contributed by atoms with van der Waals surface area (Å²) in [4.78, 5) is 0.414. The fourth-order valence-corrected chi connectivity index (χ4v) is 4.28. The van der Waals surface area contributed by atoms with E-state index in [4.69, 9.17) is 0 Å². The van der Waals surface area contributed by atoms with Crippen LogP contribution in [-0.2, 0) is 0 Å². The molecule has 1 aliphatic heterocycles. The molecule has 0 aromatic rings. The number of hydrogen-bond donors (Lipinski definition) is 1. The van der Waals surface area contributed by atoms with Crippen LogP contribution in [-0.4, -0.2) is 16.7 Å². The normalized spacial score (nSPS) is 41.5. The monoisotopic (exact) mass is 199 g/mol. The van der Waals surface area contributed by atoms with Gasteiger partial charge < -0.3 is 0 Å². The van der Waals surface area contributed by atoms with E-state index in [9.17, 15) is 0 Å². The average Bonchev–Trinajstić information content (AvgIpc) is 2.72. The molecular formula is C11H21NS. The Morgan fingerprint density at radius 3 is 2.62 bits per heavy atom. The van der Waals surface area contributed by atoms with Gasteiger partial charge in [0.15, 0.2) is 0 Å². The highest BCUT2D eigenvalue weighted by Crippen LogP contribution is 2.44. The predicted molar refractivity (Wildman–Crippen MR) is 60.0 cm³/mol. The Hall–Kier alpha value is 0.310. The highest BCUT2D eigenvalue weighted by molar-refractivity contribution is 8.00. The lowest BCUT2D eigenvalue weighted by Crippen LogP contribution is -2.44. The van der Waals surface area contributed by atoms with Gasteiger partial charge in [-0.15, -0.1) is 11.8 Å². The third-order valence-corrected chi connectivity index (χ3v) is 5.32. The van der Waals surface area contributed by atoms with Crippen LogP contribution < -0.4 is 5.32 Å². The van der Waals surface area contributed by atoms with Crippen LogP contribution in [0.2, 0.25) is 0 Å². The van der Waals surface area contributed by atoms with Gasteiger partial charge >= 0.3 is 0 Å². The molecule has 0 aromatic heterocycles. The molecule has 0 radical (unpaired) electrons. The zero-order valence-electron chi connectivity index (χ0n) is 8.81. The first-order valence-corrected chi connectivity index (χ1v) is 6.65. The summed E-state index contributed by atoms with van der Waals surface area (Å²) in [7, 11) is 0. The van der Waals surface area contributed by atoms with E-state index in [1.807, 2.05) is 0 Å². The Kier molecular flexibility index (Phi) is 2.89. The second-order valence-electron chi connectivity index (χ2n) is 4.65. The van der Waals surface area contributed by atoms with Gasteiger partial charge in [-0.25, -0.2) is 0 Å². The third kappa shape index (κ3) is 1.89. The van der Waals surface area contributed by atoms with Crippen molar-refractivity contribution in [3.05, 3.63) is 0 Å². The van der Waals surface area contributed by atoms with Crippen molar-refractivity contribution in [1.82, 2.24) is 5.32 Å². The van der Waals surface area contributed by atoms with Crippen molar-refractivity contribution in [3.8, 4) is 0 Å². The summed E-state index contributed by atoms with van der Waals surface area (Å²) in [6.07, 6.45) is 7.10. The van der Waals surface area contributed by atoms with Crippen LogP contribution in [0.25, 0.3) is 0 Å². The summed E-state index contributed by atoms with van der Waals surface area (Å²) in [5.41, 5.74) is 0. The van der Waals surface area contributed by atoms with Gasteiger partial charge in [0.1, 0.15) is 0 Å². The van der Waals surface area contributed by atoms with Gasteiger partial charge in [-0.2, -0.15) is 0 Å². The van der Waals surface area contributed by atoms with Crippen LogP contribution in [0.3, 0.4) is 0 Å². The van der Waals surface area contributed by atoms with Gasteiger partial charge in [-0.1, -0.05) is 19.8 Å². The zero-order valence-corrected chi connectivity index (χ0v) is 9.62. The molecule has 2 heteroatoms. The van der Waals surface area contributed by atoms with Crippen LogP contribution in [0.4, 0.5) is 0 Å². The molecule has 13 heavy (non-hydrogen) atoms. The van der Waals surface area contributed by atoms with Gasteiger partial charge in [0, 0.05) is 11.8 Å². The maximum absolute atomic E-state index is 3.82. The van der Waals surface area contributed by atoms with Crippen molar-refractivity contribution in [2.24, 2.45) is 5.92 Å². The molecule has 0 bridgehead atoms. The first kappa shape index (κ1) is 9.85. The molecule has 0 aromatic carbocycles. The van der Waals surface area contributed by atoms with E-state index in [-0.39, 0.29) is 0 Å². The fraction of sp³-hybridized carbons (Fsp3) is 1.00. The van der Waals surface area contributed by atoms with E-state index in [1.54, 1.807) is 0 Å². The molecule has 0 spiro atoms. The standard InChI is InChI=1S/C11H21NS/c1-3-10-8-13-11(2,12-10)9-6-4-5-7-9/h9-10,12H,3-8H2,1-2H3. The lowest BCUT2D eigenvalue weighted by molar-refractivity contribution is 0.331. The van der Waals surface area contributed by atoms with Crippen molar-refractivity contribution < 1.29 is 0 Å². The van der Waals surface area contributed by atoms with Crippen LogP contribution in [0.5, 0.6) is 0 Å². The van der Waals surface area contributed by atoms with Crippen LogP contribution >= 0.6 is 11.8 Å². The minimum atomic E-state index is 0.414. The molecule has 2 fully saturated rings. The molecule has 76 valence electrons. The summed E-state index contributed by atoms with van der Waals surface area (Å²) in [6.45, 7) is 4.71. The Balaban J connectivity index is 1.96. The van der Waals surface area contributed by atoms with Gasteiger partial charge in [0.2, 0.25) is 0 Å². The van der Waals surface area contributed by atoms with E-state index in [2.05, 4.69) is 30.9 Å². The molecule has 1 aliphatic carbocycles. The minimum absolute atomic E-state index is 0.414. The lowest BCUT2D eigenvalue weighted by Gasteiger charge is -2.31. The Labute approximate surface area is 86.0 Å². The average molecular weight is 199 g/mol. The van der Waals surface area contributed by atoms with Gasteiger partial charge in [0.05, 0.1) is 4.87 Å². The SMILES string of the molecule is CCC1CSC(C)(C2CCCC2)N1. The van der Waals surface area contributed by atoms with Crippen molar-refractivity contribution in [2.45, 2.75) is 56.9 Å². The number of thioether (sulfide) groups is 1. The molecule has 1 heterocycles. The highest BCUT2D eigenvalue weighted by Gasteiger charge is 2.41. The van der Waals surface area contributed by atoms with Gasteiger partial charge in [-0.3, -0.25) is 5.32 Å². The first-order chi connectivity index (χ1) is 6.24. The van der Waals surface area contributed by atoms with E-state index < -0.39 is 0 Å². The van der Waals surface area contributed by atoms with Crippen LogP contribution in [0.1, 0.15) is 46.0 Å². The van der Waals surface area contributed by atoms with Crippen molar-refractivity contribution in [2.75, 3.05) is 5.75 Å². The quantitative estimate of drug-likeness (QED) is 0.733. The summed E-state index contributed by atoms with van der Waals surface area (Å²) >= 11 is 2.16. The van der Waals surface area contributed by atoms with Crippen molar-refractivity contribution in [1.29, 1.82) is 0 Å². The van der Waals surface area contributed by atoms with Gasteiger partial charge in [0.25, 0.3) is 0 Å². The van der Waals surface area contributed by atoms with Crippen molar-refractivity contribution >= 4 is 11.8 Å². The minimum Gasteiger partial charge on any atom is -0.299 e. The maximum atomic E-state index is 3.82. The molecule has 1 N–H and O–H groups in total. The van der Waals surface area contributed by atoms with Gasteiger partial charge in [-0.05, 0) is 32.1 Å². The molecule has 1 saturated carbocycles. The summed E-state index contributed by atoms with van der Waals surface area (Å²) in [6, 6.07) is 0.774. The smallest absolute Gasteiger partial charge is 0.0648 e. The molecule has 1 saturated heterocycles. The third-order valence-electron chi connectivity index (χ3n) is 3.70. The summed E-state index contributed by atoms with van der Waals surface area (Å²) in [5, 5.41) is 3.82. The van der Waals surface area contributed by atoms with Crippen LogP contribution in [0, 0.1) is 5.92 Å². The lowest BCUT2D eigenvalue weighted by atomic mass is 9.98. The maximum Gasteiger partial charge on any atom is 0.0648 e. The molecular weight excluding hydrogens is 178 g/mol. The summed E-state index contributed by atoms with van der Waals surface area (Å²) in [5.74, 6) is 2.26. The largest absolute Gasteiger partial charge is 0.299 e. The Morgan fingerprint density at radius 1 is 1.38 bits per heavy atom. The predicted octanol–water partition coefficient (Wildman–Crippen LogP) is 3.01. The number of rotatable bonds is 2. The van der Waals surface area contributed by atoms with E-state index >= 15 is 0 Å². The van der Waals surface area contributed by atoms with E-state index in [0.717, 1.165) is 12.0 Å². The Morgan fingerprint density at radius 2 is 2.08 bits per heavy atom. The first-order valence-electron chi connectivity index (χ1n) is 5.66. The summed E-state index contributed by atoms with van der Waals surface area (Å²) < 4.78 is 0. The second kappa shape index (κ2) is 3.82. The molecule has 1 nitrogen and oxygen atoms in total. The fourth-order valence-electron chi connectivity index (χ4n) is 2.69. The molecule has 2 aliphatic rings. The molecule has 2 atom stereocenters. The molecule has 2 unspecified atom stereocenters. The molecule has 0 amide bonds. The van der Waals surface area contributed by atoms with Crippen molar-refractivity contribution in [3.63, 3.8) is 0 Å². The Bertz CT molecular complexity index is 177. The van der Waals surface area contributed by atoms with E-state index in [0.29, 0.717) is 4.87 Å². The topological polar surface area (TPSA) is 12.0 Å².